The monoisotopic (exact) mass is 259 g/mol. The normalized spacial score (nSPS) is 26.9. The van der Waals surface area contributed by atoms with Crippen LogP contribution in [0.2, 0.25) is 0 Å². The molecule has 3 rings (SSSR count). The third kappa shape index (κ3) is 1.80. The van der Waals surface area contributed by atoms with Crippen molar-refractivity contribution in [2.24, 2.45) is 5.16 Å². The maximum Gasteiger partial charge on any atom is 0.432 e. The van der Waals surface area contributed by atoms with E-state index in [1.165, 1.54) is 11.8 Å². The number of hydrogen-bond donors (Lipinski definition) is 0. The smallest absolute Gasteiger partial charge is 0.386 e. The molecule has 0 saturated heterocycles. The lowest BCUT2D eigenvalue weighted by atomic mass is 10.0. The van der Waals surface area contributed by atoms with Crippen LogP contribution in [0.5, 0.6) is 0 Å². The van der Waals surface area contributed by atoms with Gasteiger partial charge in [-0.05, 0) is 6.07 Å². The Kier molecular flexibility index (Phi) is 2.36. The van der Waals surface area contributed by atoms with E-state index >= 15 is 0 Å². The fourth-order valence-electron chi connectivity index (χ4n) is 2.04. The number of hydrogen-bond acceptors (Lipinski definition) is 3. The van der Waals surface area contributed by atoms with Crippen molar-refractivity contribution >= 4 is 17.5 Å². The van der Waals surface area contributed by atoms with Gasteiger partial charge in [0.15, 0.2) is 11.8 Å². The van der Waals surface area contributed by atoms with Gasteiger partial charge in [0, 0.05) is 16.9 Å². The highest BCUT2D eigenvalue weighted by molar-refractivity contribution is 8.00. The van der Waals surface area contributed by atoms with Crippen molar-refractivity contribution in [3.63, 3.8) is 0 Å². The molecule has 1 aromatic carbocycles. The quantitative estimate of drug-likeness (QED) is 0.710. The first-order valence-corrected chi connectivity index (χ1v) is 5.99. The molecule has 0 radical (unpaired) electrons. The zero-order chi connectivity index (χ0) is 12.0. The van der Waals surface area contributed by atoms with Crippen LogP contribution in [0.4, 0.5) is 13.2 Å². The first-order valence-electron chi connectivity index (χ1n) is 5.11. The van der Waals surface area contributed by atoms with E-state index in [2.05, 4.69) is 5.16 Å². The molecule has 0 saturated carbocycles. The first-order chi connectivity index (χ1) is 8.05. The number of halogens is 3. The maximum atomic E-state index is 12.5. The van der Waals surface area contributed by atoms with Gasteiger partial charge in [-0.1, -0.05) is 23.4 Å². The van der Waals surface area contributed by atoms with Gasteiger partial charge in [-0.15, -0.1) is 11.8 Å². The molecule has 2 nitrogen and oxygen atoms in total. The lowest BCUT2D eigenvalue weighted by molar-refractivity contribution is -0.0708. The summed E-state index contributed by atoms with van der Waals surface area (Å²) in [5.74, 6) is 0. The minimum absolute atomic E-state index is 0.0898. The molecule has 17 heavy (non-hydrogen) atoms. The fourth-order valence-corrected chi connectivity index (χ4v) is 3.40. The van der Waals surface area contributed by atoms with Crippen LogP contribution in [0, 0.1) is 0 Å². The Balaban J connectivity index is 1.89. The summed E-state index contributed by atoms with van der Waals surface area (Å²) in [4.78, 5) is 6.00. The van der Waals surface area contributed by atoms with Crippen LogP contribution in [-0.2, 0) is 4.84 Å². The van der Waals surface area contributed by atoms with Crippen LogP contribution in [0.1, 0.15) is 18.1 Å². The Morgan fingerprint density at radius 2 is 2.06 bits per heavy atom. The molecule has 2 aliphatic heterocycles. The van der Waals surface area contributed by atoms with Crippen molar-refractivity contribution in [3.8, 4) is 0 Å². The molecule has 2 unspecified atom stereocenters. The number of fused-ring (bicyclic) bond motifs is 3. The summed E-state index contributed by atoms with van der Waals surface area (Å²) in [5.41, 5.74) is 0.117. The summed E-state index contributed by atoms with van der Waals surface area (Å²) in [7, 11) is 0. The Hall–Kier alpha value is -1.17. The Labute approximate surface area is 99.8 Å². The molecule has 6 heteroatoms. The topological polar surface area (TPSA) is 21.6 Å². The minimum atomic E-state index is -4.39. The van der Waals surface area contributed by atoms with Gasteiger partial charge in [0.1, 0.15) is 0 Å². The fraction of sp³-hybridized carbons (Fsp3) is 0.364. The Morgan fingerprint density at radius 1 is 1.29 bits per heavy atom. The van der Waals surface area contributed by atoms with E-state index in [1.54, 1.807) is 0 Å². The van der Waals surface area contributed by atoms with Gasteiger partial charge in [-0.25, -0.2) is 0 Å². The van der Waals surface area contributed by atoms with Gasteiger partial charge in [0.25, 0.3) is 0 Å². The summed E-state index contributed by atoms with van der Waals surface area (Å²) in [6.45, 7) is 0. The number of benzene rings is 1. The van der Waals surface area contributed by atoms with Crippen molar-refractivity contribution in [2.45, 2.75) is 28.8 Å². The molecule has 0 N–H and O–H groups in total. The van der Waals surface area contributed by atoms with E-state index in [0.717, 1.165) is 10.5 Å². The molecule has 0 bridgehead atoms. The first kappa shape index (κ1) is 11.0. The molecule has 0 spiro atoms. The van der Waals surface area contributed by atoms with E-state index in [4.69, 9.17) is 4.84 Å². The van der Waals surface area contributed by atoms with E-state index in [9.17, 15) is 13.2 Å². The zero-order valence-electron chi connectivity index (χ0n) is 8.57. The van der Waals surface area contributed by atoms with Crippen molar-refractivity contribution in [3.05, 3.63) is 29.8 Å². The van der Waals surface area contributed by atoms with Gasteiger partial charge in [0.2, 0.25) is 0 Å². The van der Waals surface area contributed by atoms with E-state index < -0.39 is 11.9 Å². The summed E-state index contributed by atoms with van der Waals surface area (Å²) >= 11 is 1.43. The van der Waals surface area contributed by atoms with Crippen LogP contribution in [0.15, 0.2) is 34.3 Å². The van der Waals surface area contributed by atoms with Crippen molar-refractivity contribution in [2.75, 3.05) is 0 Å². The number of oxime groups is 1. The second-order valence-electron chi connectivity index (χ2n) is 3.96. The second kappa shape index (κ2) is 3.66. The summed E-state index contributed by atoms with van der Waals surface area (Å²) < 4.78 is 37.5. The standard InChI is InChI=1S/C11H8F3NOS/c12-11(13,14)9-5-8-10(16-15-9)6-3-1-2-4-7(6)17-8/h1-4,8,10H,5H2. The zero-order valence-corrected chi connectivity index (χ0v) is 9.39. The van der Waals surface area contributed by atoms with Gasteiger partial charge in [0.05, 0.1) is 5.25 Å². The predicted molar refractivity (Wildman–Crippen MR) is 58.0 cm³/mol. The number of alkyl halides is 3. The highest BCUT2D eigenvalue weighted by atomic mass is 32.2. The Morgan fingerprint density at radius 3 is 2.82 bits per heavy atom. The maximum absolute atomic E-state index is 12.5. The number of thioether (sulfide) groups is 1. The molecule has 2 aliphatic rings. The largest absolute Gasteiger partial charge is 0.432 e. The molecule has 0 amide bonds. The lowest BCUT2D eigenvalue weighted by Crippen LogP contribution is -2.32. The third-order valence-corrected chi connectivity index (χ3v) is 4.18. The Bertz CT molecular complexity index is 486. The van der Waals surface area contributed by atoms with Gasteiger partial charge >= 0.3 is 6.18 Å². The van der Waals surface area contributed by atoms with E-state index in [-0.39, 0.29) is 17.8 Å². The third-order valence-electron chi connectivity index (χ3n) is 2.84. The molecule has 90 valence electrons. The van der Waals surface area contributed by atoms with Crippen molar-refractivity contribution in [1.29, 1.82) is 0 Å². The average Bonchev–Trinajstić information content (AvgIpc) is 2.65. The van der Waals surface area contributed by atoms with Crippen LogP contribution < -0.4 is 0 Å². The number of rotatable bonds is 0. The summed E-state index contributed by atoms with van der Waals surface area (Å²) in [6, 6.07) is 7.50. The highest BCUT2D eigenvalue weighted by Crippen LogP contribution is 2.49. The molecule has 0 aromatic heterocycles. The predicted octanol–water partition coefficient (Wildman–Crippen LogP) is 3.54. The molecular formula is C11H8F3NOS. The molecular weight excluding hydrogens is 251 g/mol. The molecule has 2 atom stereocenters. The lowest BCUT2D eigenvalue weighted by Gasteiger charge is -2.24. The highest BCUT2D eigenvalue weighted by Gasteiger charge is 2.46. The van der Waals surface area contributed by atoms with Gasteiger partial charge in [-0.3, -0.25) is 0 Å². The van der Waals surface area contributed by atoms with E-state index in [1.807, 2.05) is 24.3 Å². The van der Waals surface area contributed by atoms with Crippen LogP contribution in [0.25, 0.3) is 0 Å². The van der Waals surface area contributed by atoms with Crippen molar-refractivity contribution < 1.29 is 18.0 Å². The second-order valence-corrected chi connectivity index (χ2v) is 5.24. The molecule has 1 aromatic rings. The summed E-state index contributed by atoms with van der Waals surface area (Å²) in [5, 5.41) is 3.00. The minimum Gasteiger partial charge on any atom is -0.386 e. The molecule has 0 fully saturated rings. The van der Waals surface area contributed by atoms with E-state index in [0.29, 0.717) is 0 Å². The van der Waals surface area contributed by atoms with Gasteiger partial charge < -0.3 is 4.84 Å². The van der Waals surface area contributed by atoms with Gasteiger partial charge in [-0.2, -0.15) is 13.2 Å². The summed E-state index contributed by atoms with van der Waals surface area (Å²) in [6.07, 6.45) is -4.82. The van der Waals surface area contributed by atoms with Crippen molar-refractivity contribution in [1.82, 2.24) is 0 Å². The van der Waals surface area contributed by atoms with Crippen LogP contribution in [0.3, 0.4) is 0 Å². The van der Waals surface area contributed by atoms with Crippen LogP contribution in [-0.4, -0.2) is 17.1 Å². The molecule has 0 aliphatic carbocycles. The average molecular weight is 259 g/mol. The van der Waals surface area contributed by atoms with Crippen LogP contribution >= 0.6 is 11.8 Å². The molecule has 2 heterocycles. The SMILES string of the molecule is FC(F)(F)C1=NOC2c3ccccc3SC2C1. The number of nitrogens with zero attached hydrogens (tertiary/aromatic N) is 1.